The molecule has 2 N–H and O–H groups in total. The van der Waals surface area contributed by atoms with Gasteiger partial charge < -0.3 is 15.4 Å². The Balaban J connectivity index is 1.99. The van der Waals surface area contributed by atoms with Gasteiger partial charge in [-0.25, -0.2) is 9.78 Å². The van der Waals surface area contributed by atoms with E-state index in [2.05, 4.69) is 20.4 Å². The Labute approximate surface area is 130 Å². The highest BCUT2D eigenvalue weighted by molar-refractivity contribution is 7.14. The maximum Gasteiger partial charge on any atom is 0.407 e. The number of ether oxygens (including phenoxy) is 1. The zero-order chi connectivity index (χ0) is 15.2. The summed E-state index contributed by atoms with van der Waals surface area (Å²) >= 11 is 7.37. The Morgan fingerprint density at radius 3 is 2.86 bits per heavy atom. The molecule has 1 aromatic carbocycles. The molecule has 0 fully saturated rings. The molecule has 0 saturated carbocycles. The molecule has 0 aliphatic heterocycles. The lowest BCUT2D eigenvalue weighted by atomic mass is 10.2. The van der Waals surface area contributed by atoms with Gasteiger partial charge in [-0.1, -0.05) is 29.8 Å². The zero-order valence-corrected chi connectivity index (χ0v) is 12.6. The van der Waals surface area contributed by atoms with E-state index in [9.17, 15) is 9.59 Å². The van der Waals surface area contributed by atoms with Crippen molar-refractivity contribution in [2.24, 2.45) is 0 Å². The van der Waals surface area contributed by atoms with Crippen molar-refractivity contribution in [3.8, 4) is 11.3 Å². The van der Waals surface area contributed by atoms with Crippen molar-refractivity contribution in [3.63, 3.8) is 0 Å². The number of aromatic nitrogens is 1. The van der Waals surface area contributed by atoms with Gasteiger partial charge in [-0.3, -0.25) is 4.79 Å². The Hall–Kier alpha value is -2.12. The summed E-state index contributed by atoms with van der Waals surface area (Å²) in [5.74, 6) is -0.388. The Kier molecular flexibility index (Phi) is 5.13. The highest BCUT2D eigenvalue weighted by atomic mass is 35.5. The van der Waals surface area contributed by atoms with Crippen molar-refractivity contribution >= 4 is 40.1 Å². The molecule has 6 nitrogen and oxygen atoms in total. The van der Waals surface area contributed by atoms with Crippen LogP contribution in [0.4, 0.5) is 9.93 Å². The second-order valence-electron chi connectivity index (χ2n) is 3.91. The van der Waals surface area contributed by atoms with Gasteiger partial charge in [0.1, 0.15) is 6.54 Å². The van der Waals surface area contributed by atoms with Crippen LogP contribution >= 0.6 is 22.9 Å². The van der Waals surface area contributed by atoms with Crippen LogP contribution in [-0.2, 0) is 9.53 Å². The van der Waals surface area contributed by atoms with Crippen LogP contribution in [0.25, 0.3) is 11.3 Å². The predicted molar refractivity (Wildman–Crippen MR) is 81.6 cm³/mol. The number of alkyl carbamates (subject to hydrolysis) is 1. The van der Waals surface area contributed by atoms with E-state index in [1.165, 1.54) is 18.4 Å². The minimum Gasteiger partial charge on any atom is -0.453 e. The zero-order valence-electron chi connectivity index (χ0n) is 11.1. The van der Waals surface area contributed by atoms with Crippen molar-refractivity contribution in [3.05, 3.63) is 34.7 Å². The number of rotatable bonds is 4. The van der Waals surface area contributed by atoms with E-state index in [-0.39, 0.29) is 12.5 Å². The van der Waals surface area contributed by atoms with Gasteiger partial charge in [0, 0.05) is 16.0 Å². The van der Waals surface area contributed by atoms with Crippen molar-refractivity contribution in [2.75, 3.05) is 19.0 Å². The Morgan fingerprint density at radius 1 is 1.38 bits per heavy atom. The highest BCUT2D eigenvalue weighted by Crippen LogP contribution is 2.30. The van der Waals surface area contributed by atoms with E-state index in [0.717, 1.165) is 5.56 Å². The summed E-state index contributed by atoms with van der Waals surface area (Å²) in [6.07, 6.45) is -0.666. The number of halogens is 1. The fourth-order valence-corrected chi connectivity index (χ4v) is 2.47. The van der Waals surface area contributed by atoms with Crippen molar-refractivity contribution < 1.29 is 14.3 Å². The summed E-state index contributed by atoms with van der Waals surface area (Å²) in [5, 5.41) is 7.69. The average Bonchev–Trinajstić information content (AvgIpc) is 2.93. The lowest BCUT2D eigenvalue weighted by Crippen LogP contribution is -2.32. The number of anilines is 1. The van der Waals surface area contributed by atoms with Crippen LogP contribution in [0.15, 0.2) is 29.6 Å². The molecular weight excluding hydrogens is 314 g/mol. The molecule has 2 aromatic rings. The lowest BCUT2D eigenvalue weighted by Gasteiger charge is -2.03. The molecule has 1 aromatic heterocycles. The molecule has 21 heavy (non-hydrogen) atoms. The normalized spacial score (nSPS) is 10.0. The number of carbonyl (C=O) groups excluding carboxylic acids is 2. The molecule has 0 radical (unpaired) electrons. The van der Waals surface area contributed by atoms with E-state index in [1.54, 1.807) is 11.4 Å². The smallest absolute Gasteiger partial charge is 0.407 e. The van der Waals surface area contributed by atoms with E-state index >= 15 is 0 Å². The first-order valence-corrected chi connectivity index (χ1v) is 7.18. The quantitative estimate of drug-likeness (QED) is 0.905. The van der Waals surface area contributed by atoms with Gasteiger partial charge >= 0.3 is 6.09 Å². The van der Waals surface area contributed by atoms with Crippen LogP contribution in [0, 0.1) is 0 Å². The molecule has 0 aliphatic rings. The molecule has 1 heterocycles. The average molecular weight is 326 g/mol. The van der Waals surface area contributed by atoms with Gasteiger partial charge in [-0.15, -0.1) is 11.3 Å². The van der Waals surface area contributed by atoms with Crippen molar-refractivity contribution in [1.82, 2.24) is 10.3 Å². The molecule has 0 saturated heterocycles. The predicted octanol–water partition coefficient (Wildman–Crippen LogP) is 2.76. The molecular formula is C13H12ClN3O3S. The first kappa shape index (κ1) is 15.3. The number of benzene rings is 1. The fraction of sp³-hybridized carbons (Fsp3) is 0.154. The highest BCUT2D eigenvalue weighted by Gasteiger charge is 2.10. The van der Waals surface area contributed by atoms with Crippen LogP contribution in [-0.4, -0.2) is 30.6 Å². The summed E-state index contributed by atoms with van der Waals surface area (Å²) in [4.78, 5) is 26.7. The van der Waals surface area contributed by atoms with Crippen molar-refractivity contribution in [1.29, 1.82) is 0 Å². The van der Waals surface area contributed by atoms with Crippen LogP contribution < -0.4 is 10.6 Å². The summed E-state index contributed by atoms with van der Waals surface area (Å²) in [6, 6.07) is 7.31. The van der Waals surface area contributed by atoms with E-state index in [4.69, 9.17) is 11.6 Å². The number of nitrogens with zero attached hydrogens (tertiary/aromatic N) is 1. The third-order valence-electron chi connectivity index (χ3n) is 2.48. The Morgan fingerprint density at radius 2 is 2.14 bits per heavy atom. The molecule has 0 atom stereocenters. The number of hydrogen-bond acceptors (Lipinski definition) is 5. The standard InChI is InChI=1S/C13H12ClN3O3S/c1-20-13(19)15-6-11(18)17-12-16-10(7-21-12)8-4-2-3-5-9(8)14/h2-5,7H,6H2,1H3,(H,15,19)(H,16,17,18). The van der Waals surface area contributed by atoms with Crippen LogP contribution in [0.2, 0.25) is 5.02 Å². The molecule has 0 aliphatic carbocycles. The maximum atomic E-state index is 11.6. The minimum atomic E-state index is -0.666. The molecule has 0 spiro atoms. The summed E-state index contributed by atoms with van der Waals surface area (Å²) in [5.41, 5.74) is 1.48. The monoisotopic (exact) mass is 325 g/mol. The third-order valence-corrected chi connectivity index (χ3v) is 3.57. The number of hydrogen-bond donors (Lipinski definition) is 2. The van der Waals surface area contributed by atoms with Gasteiger partial charge in [0.25, 0.3) is 0 Å². The molecule has 2 amide bonds. The minimum absolute atomic E-state index is 0.187. The van der Waals surface area contributed by atoms with Crippen LogP contribution in [0.5, 0.6) is 0 Å². The first-order chi connectivity index (χ1) is 10.1. The fourth-order valence-electron chi connectivity index (χ4n) is 1.51. The molecule has 2 rings (SSSR count). The topological polar surface area (TPSA) is 80.3 Å². The maximum absolute atomic E-state index is 11.6. The van der Waals surface area contributed by atoms with Gasteiger partial charge in [-0.2, -0.15) is 0 Å². The molecule has 0 bridgehead atoms. The number of nitrogens with one attached hydrogen (secondary N) is 2. The number of thiazole rings is 1. The van der Waals surface area contributed by atoms with Gasteiger partial charge in [-0.05, 0) is 6.07 Å². The number of methoxy groups -OCH3 is 1. The molecule has 110 valence electrons. The summed E-state index contributed by atoms with van der Waals surface area (Å²) < 4.78 is 4.37. The van der Waals surface area contributed by atoms with Gasteiger partial charge in [0.05, 0.1) is 12.8 Å². The third kappa shape index (κ3) is 4.17. The second kappa shape index (κ2) is 7.05. The molecule has 8 heteroatoms. The number of carbonyl (C=O) groups is 2. The lowest BCUT2D eigenvalue weighted by molar-refractivity contribution is -0.115. The van der Waals surface area contributed by atoms with Crippen molar-refractivity contribution in [2.45, 2.75) is 0 Å². The van der Waals surface area contributed by atoms with E-state index < -0.39 is 6.09 Å². The first-order valence-electron chi connectivity index (χ1n) is 5.92. The largest absolute Gasteiger partial charge is 0.453 e. The van der Waals surface area contributed by atoms with Gasteiger partial charge in [0.15, 0.2) is 5.13 Å². The van der Waals surface area contributed by atoms with E-state index in [0.29, 0.717) is 15.8 Å². The Bertz CT molecular complexity index is 660. The summed E-state index contributed by atoms with van der Waals surface area (Å²) in [7, 11) is 1.23. The SMILES string of the molecule is COC(=O)NCC(=O)Nc1nc(-c2ccccc2Cl)cs1. The van der Waals surface area contributed by atoms with E-state index in [1.807, 2.05) is 18.2 Å². The van der Waals surface area contributed by atoms with Crippen LogP contribution in [0.3, 0.4) is 0 Å². The summed E-state index contributed by atoms with van der Waals surface area (Å²) in [6.45, 7) is -0.187. The van der Waals surface area contributed by atoms with Gasteiger partial charge in [0.2, 0.25) is 5.91 Å². The van der Waals surface area contributed by atoms with Crippen LogP contribution in [0.1, 0.15) is 0 Å². The second-order valence-corrected chi connectivity index (χ2v) is 5.18. The molecule has 0 unspecified atom stereocenters. The number of amides is 2.